The number of hydrogen-bond acceptors (Lipinski definition) is 4. The predicted molar refractivity (Wildman–Crippen MR) is 76.8 cm³/mol. The average molecular weight is 265 g/mol. The minimum Gasteiger partial charge on any atom is -0.478 e. The fourth-order valence-electron chi connectivity index (χ4n) is 1.69. The van der Waals surface area contributed by atoms with Gasteiger partial charge in [0.2, 0.25) is 0 Å². The molecule has 0 bridgehead atoms. The Morgan fingerprint density at radius 3 is 2.68 bits per heavy atom. The number of aromatic carboxylic acids is 1. The molecule has 2 N–H and O–H groups in total. The lowest BCUT2D eigenvalue weighted by molar-refractivity contribution is 0.0695. The summed E-state index contributed by atoms with van der Waals surface area (Å²) in [5.74, 6) is -0.204. The first kappa shape index (κ1) is 15.4. The van der Waals surface area contributed by atoms with Crippen molar-refractivity contribution >= 4 is 11.8 Å². The van der Waals surface area contributed by atoms with Gasteiger partial charge in [-0.2, -0.15) is 0 Å². The Bertz CT molecular complexity index is 433. The molecular weight excluding hydrogens is 242 g/mol. The fraction of sp³-hybridized carbons (Fsp3) is 0.571. The number of carbonyl (C=O) groups is 1. The molecule has 0 aliphatic heterocycles. The van der Waals surface area contributed by atoms with Gasteiger partial charge >= 0.3 is 5.97 Å². The normalized spacial score (nSPS) is 11.1. The van der Waals surface area contributed by atoms with Gasteiger partial charge in [0, 0.05) is 12.6 Å². The molecule has 0 aromatic carbocycles. The van der Waals surface area contributed by atoms with E-state index in [0.717, 1.165) is 25.3 Å². The van der Waals surface area contributed by atoms with Crippen molar-refractivity contribution in [2.75, 3.05) is 25.5 Å². The molecule has 0 spiro atoms. The van der Waals surface area contributed by atoms with Crippen LogP contribution in [0.4, 0.5) is 5.82 Å². The first-order chi connectivity index (χ1) is 8.91. The Balaban J connectivity index is 2.42. The van der Waals surface area contributed by atoms with E-state index in [-0.39, 0.29) is 5.56 Å². The van der Waals surface area contributed by atoms with E-state index in [4.69, 9.17) is 5.11 Å². The number of aromatic nitrogens is 1. The molecule has 1 aromatic heterocycles. The topological polar surface area (TPSA) is 65.5 Å². The number of nitrogens with zero attached hydrogens (tertiary/aromatic N) is 2. The Hall–Kier alpha value is -1.62. The van der Waals surface area contributed by atoms with Gasteiger partial charge in [0.05, 0.1) is 11.3 Å². The largest absolute Gasteiger partial charge is 0.478 e. The van der Waals surface area contributed by atoms with Gasteiger partial charge in [-0.3, -0.25) is 0 Å². The van der Waals surface area contributed by atoms with Crippen molar-refractivity contribution in [2.24, 2.45) is 0 Å². The summed E-state index contributed by atoms with van der Waals surface area (Å²) in [4.78, 5) is 17.4. The lowest BCUT2D eigenvalue weighted by Gasteiger charge is -2.20. The third-order valence-corrected chi connectivity index (χ3v) is 3.19. The Labute approximate surface area is 114 Å². The number of anilines is 1. The molecule has 1 heterocycles. The minimum atomic E-state index is -0.935. The van der Waals surface area contributed by atoms with Gasteiger partial charge in [-0.25, -0.2) is 9.78 Å². The summed E-state index contributed by atoms with van der Waals surface area (Å²) in [6, 6.07) is 3.85. The summed E-state index contributed by atoms with van der Waals surface area (Å²) in [6.45, 7) is 7.90. The van der Waals surface area contributed by atoms with Crippen molar-refractivity contribution in [2.45, 2.75) is 33.2 Å². The highest BCUT2D eigenvalue weighted by atomic mass is 16.4. The molecule has 0 atom stereocenters. The van der Waals surface area contributed by atoms with Crippen LogP contribution in [0.15, 0.2) is 12.1 Å². The van der Waals surface area contributed by atoms with E-state index >= 15 is 0 Å². The van der Waals surface area contributed by atoms with Gasteiger partial charge < -0.3 is 15.3 Å². The second kappa shape index (κ2) is 7.09. The summed E-state index contributed by atoms with van der Waals surface area (Å²) in [6.07, 6.45) is 1.02. The number of carboxylic acids is 1. The molecule has 0 fully saturated rings. The Kier molecular flexibility index (Phi) is 5.76. The molecule has 0 saturated heterocycles. The van der Waals surface area contributed by atoms with E-state index in [9.17, 15) is 4.79 Å². The number of rotatable bonds is 7. The molecule has 1 rings (SSSR count). The van der Waals surface area contributed by atoms with Crippen LogP contribution in [0, 0.1) is 6.92 Å². The van der Waals surface area contributed by atoms with Crippen LogP contribution in [-0.4, -0.2) is 47.1 Å². The fourth-order valence-corrected chi connectivity index (χ4v) is 1.69. The van der Waals surface area contributed by atoms with E-state index < -0.39 is 5.97 Å². The van der Waals surface area contributed by atoms with Crippen molar-refractivity contribution in [3.63, 3.8) is 0 Å². The van der Waals surface area contributed by atoms with Crippen LogP contribution < -0.4 is 5.32 Å². The van der Waals surface area contributed by atoms with Gasteiger partial charge in [0.1, 0.15) is 5.82 Å². The van der Waals surface area contributed by atoms with Gasteiger partial charge in [0.25, 0.3) is 0 Å². The van der Waals surface area contributed by atoms with Crippen LogP contribution in [0.1, 0.15) is 36.3 Å². The maximum absolute atomic E-state index is 10.9. The summed E-state index contributed by atoms with van der Waals surface area (Å²) in [7, 11) is 2.11. The zero-order valence-electron chi connectivity index (χ0n) is 12.1. The monoisotopic (exact) mass is 265 g/mol. The first-order valence-electron chi connectivity index (χ1n) is 6.57. The van der Waals surface area contributed by atoms with Crippen molar-refractivity contribution in [3.8, 4) is 0 Å². The average Bonchev–Trinajstić information content (AvgIpc) is 2.33. The molecule has 0 saturated carbocycles. The van der Waals surface area contributed by atoms with Gasteiger partial charge in [-0.05, 0) is 52.9 Å². The van der Waals surface area contributed by atoms with Crippen LogP contribution in [0.25, 0.3) is 0 Å². The highest BCUT2D eigenvalue weighted by molar-refractivity contribution is 5.89. The minimum absolute atomic E-state index is 0.255. The van der Waals surface area contributed by atoms with Gasteiger partial charge in [-0.1, -0.05) is 0 Å². The lowest BCUT2D eigenvalue weighted by Crippen LogP contribution is -2.28. The van der Waals surface area contributed by atoms with E-state index in [1.165, 1.54) is 0 Å². The number of aryl methyl sites for hydroxylation is 1. The van der Waals surface area contributed by atoms with Gasteiger partial charge in [0.15, 0.2) is 0 Å². The molecule has 0 radical (unpaired) electrons. The second-order valence-corrected chi connectivity index (χ2v) is 4.99. The molecule has 0 amide bonds. The quantitative estimate of drug-likeness (QED) is 0.740. The Morgan fingerprint density at radius 2 is 2.16 bits per heavy atom. The highest BCUT2D eigenvalue weighted by Crippen LogP contribution is 2.10. The van der Waals surface area contributed by atoms with Crippen molar-refractivity contribution in [1.82, 2.24) is 9.88 Å². The molecule has 106 valence electrons. The predicted octanol–water partition coefficient (Wildman–Crippen LogP) is 2.23. The maximum Gasteiger partial charge on any atom is 0.337 e. The number of nitrogens with one attached hydrogen (secondary N) is 1. The molecule has 1 aromatic rings. The van der Waals surface area contributed by atoms with E-state index in [1.807, 2.05) is 0 Å². The third kappa shape index (κ3) is 4.87. The number of carboxylic acid groups (broad SMARTS) is 1. The maximum atomic E-state index is 10.9. The SMILES string of the molecule is Cc1nc(NCCCN(C)C(C)C)ccc1C(=O)O. The van der Waals surface area contributed by atoms with Crippen molar-refractivity contribution in [3.05, 3.63) is 23.4 Å². The Morgan fingerprint density at radius 1 is 1.47 bits per heavy atom. The highest BCUT2D eigenvalue weighted by Gasteiger charge is 2.08. The molecule has 0 aliphatic rings. The van der Waals surface area contributed by atoms with Crippen LogP contribution in [0.3, 0.4) is 0 Å². The molecule has 19 heavy (non-hydrogen) atoms. The van der Waals surface area contributed by atoms with E-state index in [2.05, 4.69) is 36.1 Å². The van der Waals surface area contributed by atoms with E-state index in [1.54, 1.807) is 19.1 Å². The van der Waals surface area contributed by atoms with Gasteiger partial charge in [-0.15, -0.1) is 0 Å². The number of pyridine rings is 1. The zero-order valence-corrected chi connectivity index (χ0v) is 12.1. The second-order valence-electron chi connectivity index (χ2n) is 4.99. The van der Waals surface area contributed by atoms with Crippen molar-refractivity contribution < 1.29 is 9.90 Å². The summed E-state index contributed by atoms with van der Waals surface area (Å²) < 4.78 is 0. The van der Waals surface area contributed by atoms with Crippen LogP contribution in [-0.2, 0) is 0 Å². The molecular formula is C14H23N3O2. The van der Waals surface area contributed by atoms with E-state index in [0.29, 0.717) is 11.7 Å². The molecule has 5 nitrogen and oxygen atoms in total. The van der Waals surface area contributed by atoms with Crippen LogP contribution >= 0.6 is 0 Å². The van der Waals surface area contributed by atoms with Crippen LogP contribution in [0.5, 0.6) is 0 Å². The van der Waals surface area contributed by atoms with Crippen molar-refractivity contribution in [1.29, 1.82) is 0 Å². The summed E-state index contributed by atoms with van der Waals surface area (Å²) in [5, 5.41) is 12.1. The standard InChI is InChI=1S/C14H23N3O2/c1-10(2)17(4)9-5-8-15-13-7-6-12(14(18)19)11(3)16-13/h6-7,10H,5,8-9H2,1-4H3,(H,15,16)(H,18,19). The number of hydrogen-bond donors (Lipinski definition) is 2. The first-order valence-corrected chi connectivity index (χ1v) is 6.57. The van der Waals surface area contributed by atoms with Crippen LogP contribution in [0.2, 0.25) is 0 Å². The smallest absolute Gasteiger partial charge is 0.337 e. The third-order valence-electron chi connectivity index (χ3n) is 3.19. The molecule has 5 heteroatoms. The lowest BCUT2D eigenvalue weighted by atomic mass is 10.2. The summed E-state index contributed by atoms with van der Waals surface area (Å²) >= 11 is 0. The molecule has 0 unspecified atom stereocenters. The zero-order chi connectivity index (χ0) is 14.4. The molecule has 0 aliphatic carbocycles. The summed E-state index contributed by atoms with van der Waals surface area (Å²) in [5.41, 5.74) is 0.793.